The van der Waals surface area contributed by atoms with E-state index < -0.39 is 11.6 Å². The molecule has 0 bridgehead atoms. The van der Waals surface area contributed by atoms with Crippen molar-refractivity contribution in [1.29, 1.82) is 0 Å². The zero-order valence-corrected chi connectivity index (χ0v) is 11.3. The lowest BCUT2D eigenvalue weighted by atomic mass is 9.93. The normalized spacial score (nSPS) is 12.4. The smallest absolute Gasteiger partial charge is 0.129 e. The van der Waals surface area contributed by atoms with E-state index in [0.29, 0.717) is 11.8 Å². The first kappa shape index (κ1) is 13.2. The van der Waals surface area contributed by atoms with Gasteiger partial charge in [-0.05, 0) is 30.0 Å². The fourth-order valence-electron chi connectivity index (χ4n) is 1.96. The number of benzene rings is 2. The van der Waals surface area contributed by atoms with Crippen LogP contribution in [0.4, 0.5) is 8.78 Å². The van der Waals surface area contributed by atoms with E-state index in [1.807, 2.05) is 30.3 Å². The van der Waals surface area contributed by atoms with Crippen LogP contribution >= 0.6 is 15.9 Å². The predicted molar refractivity (Wildman–Crippen MR) is 73.0 cm³/mol. The molecule has 0 amide bonds. The third kappa shape index (κ3) is 2.96. The van der Waals surface area contributed by atoms with Crippen LogP contribution in [0.5, 0.6) is 0 Å². The van der Waals surface area contributed by atoms with Crippen molar-refractivity contribution >= 4 is 15.9 Å². The van der Waals surface area contributed by atoms with Crippen LogP contribution in [0.2, 0.25) is 0 Å². The molecule has 0 aliphatic rings. The third-order valence-corrected chi connectivity index (χ3v) is 3.75. The van der Waals surface area contributed by atoms with Crippen LogP contribution in [0.25, 0.3) is 0 Å². The number of hydrogen-bond acceptors (Lipinski definition) is 0. The highest BCUT2D eigenvalue weighted by Gasteiger charge is 2.16. The number of alkyl halides is 1. The van der Waals surface area contributed by atoms with E-state index in [1.165, 1.54) is 18.2 Å². The Morgan fingerprint density at radius 2 is 1.50 bits per heavy atom. The summed E-state index contributed by atoms with van der Waals surface area (Å²) in [5, 5.41) is 0.671. The van der Waals surface area contributed by atoms with Gasteiger partial charge in [0.05, 0.1) is 0 Å². The molecule has 0 heterocycles. The van der Waals surface area contributed by atoms with E-state index >= 15 is 0 Å². The second kappa shape index (κ2) is 6.10. The molecule has 0 aliphatic carbocycles. The number of rotatable bonds is 4. The Labute approximate surface area is 114 Å². The quantitative estimate of drug-likeness (QED) is 0.719. The standard InChI is InChI=1S/C15H13BrF2/c16-10-12(11-5-2-1-3-6-11)9-13-14(17)7-4-8-15(13)18/h1-8,12H,9-10H2. The van der Waals surface area contributed by atoms with Crippen molar-refractivity contribution in [3.05, 3.63) is 71.3 Å². The Morgan fingerprint density at radius 3 is 2.06 bits per heavy atom. The summed E-state index contributed by atoms with van der Waals surface area (Å²) in [6.45, 7) is 0. The van der Waals surface area contributed by atoms with Crippen molar-refractivity contribution in [1.82, 2.24) is 0 Å². The average molecular weight is 311 g/mol. The first-order chi connectivity index (χ1) is 8.72. The fourth-order valence-corrected chi connectivity index (χ4v) is 2.56. The molecule has 1 unspecified atom stereocenters. The van der Waals surface area contributed by atoms with Crippen molar-refractivity contribution in [3.63, 3.8) is 0 Å². The van der Waals surface area contributed by atoms with E-state index in [-0.39, 0.29) is 11.5 Å². The highest BCUT2D eigenvalue weighted by atomic mass is 79.9. The molecule has 0 saturated carbocycles. The minimum atomic E-state index is -0.475. The molecular formula is C15H13BrF2. The van der Waals surface area contributed by atoms with Crippen LogP contribution in [-0.4, -0.2) is 5.33 Å². The summed E-state index contributed by atoms with van der Waals surface area (Å²) in [7, 11) is 0. The van der Waals surface area contributed by atoms with Crippen molar-refractivity contribution in [3.8, 4) is 0 Å². The SMILES string of the molecule is Fc1cccc(F)c1CC(CBr)c1ccccc1. The van der Waals surface area contributed by atoms with Crippen LogP contribution in [0.3, 0.4) is 0 Å². The second-order valence-corrected chi connectivity index (χ2v) is 4.81. The molecule has 18 heavy (non-hydrogen) atoms. The summed E-state index contributed by atoms with van der Waals surface area (Å²) in [4.78, 5) is 0. The minimum Gasteiger partial charge on any atom is -0.207 e. The van der Waals surface area contributed by atoms with Gasteiger partial charge in [-0.1, -0.05) is 52.3 Å². The molecule has 0 nitrogen and oxygen atoms in total. The van der Waals surface area contributed by atoms with E-state index in [4.69, 9.17) is 0 Å². The molecule has 1 atom stereocenters. The highest BCUT2D eigenvalue weighted by Crippen LogP contribution is 2.25. The molecule has 0 fully saturated rings. The number of halogens is 3. The summed E-state index contributed by atoms with van der Waals surface area (Å²) >= 11 is 3.41. The van der Waals surface area contributed by atoms with Gasteiger partial charge in [0.2, 0.25) is 0 Å². The summed E-state index contributed by atoms with van der Waals surface area (Å²) in [6.07, 6.45) is 0.355. The van der Waals surface area contributed by atoms with Crippen LogP contribution in [0.1, 0.15) is 17.0 Å². The Kier molecular flexibility index (Phi) is 4.48. The maximum absolute atomic E-state index is 13.6. The summed E-state index contributed by atoms with van der Waals surface area (Å²) in [5.74, 6) is -0.883. The molecule has 0 radical (unpaired) electrons. The summed E-state index contributed by atoms with van der Waals surface area (Å²) in [6, 6.07) is 13.7. The molecule has 0 spiro atoms. The largest absolute Gasteiger partial charge is 0.207 e. The molecule has 2 aromatic carbocycles. The van der Waals surface area contributed by atoms with Crippen LogP contribution in [-0.2, 0) is 6.42 Å². The lowest BCUT2D eigenvalue weighted by Gasteiger charge is -2.15. The minimum absolute atomic E-state index is 0.0672. The van der Waals surface area contributed by atoms with Crippen molar-refractivity contribution in [2.24, 2.45) is 0 Å². The van der Waals surface area contributed by atoms with Gasteiger partial charge in [0.15, 0.2) is 0 Å². The van der Waals surface area contributed by atoms with Gasteiger partial charge in [-0.3, -0.25) is 0 Å². The molecule has 0 N–H and O–H groups in total. The zero-order chi connectivity index (χ0) is 13.0. The molecule has 0 saturated heterocycles. The van der Waals surface area contributed by atoms with E-state index in [0.717, 1.165) is 5.56 Å². The molecule has 0 aliphatic heterocycles. The van der Waals surface area contributed by atoms with Gasteiger partial charge in [0.1, 0.15) is 11.6 Å². The summed E-state index contributed by atoms with van der Waals surface area (Å²) < 4.78 is 27.2. The van der Waals surface area contributed by atoms with Crippen LogP contribution in [0.15, 0.2) is 48.5 Å². The maximum Gasteiger partial charge on any atom is 0.129 e. The van der Waals surface area contributed by atoms with Crippen LogP contribution in [0, 0.1) is 11.6 Å². The van der Waals surface area contributed by atoms with Gasteiger partial charge in [-0.25, -0.2) is 8.78 Å². The second-order valence-electron chi connectivity index (χ2n) is 4.17. The van der Waals surface area contributed by atoms with Gasteiger partial charge < -0.3 is 0 Å². The van der Waals surface area contributed by atoms with Gasteiger partial charge in [-0.15, -0.1) is 0 Å². The third-order valence-electron chi connectivity index (χ3n) is 2.97. The molecule has 2 aromatic rings. The first-order valence-electron chi connectivity index (χ1n) is 5.76. The van der Waals surface area contributed by atoms with E-state index in [9.17, 15) is 8.78 Å². The van der Waals surface area contributed by atoms with E-state index in [2.05, 4.69) is 15.9 Å². The molecular weight excluding hydrogens is 298 g/mol. The van der Waals surface area contributed by atoms with Crippen molar-refractivity contribution in [2.45, 2.75) is 12.3 Å². The zero-order valence-electron chi connectivity index (χ0n) is 9.74. The Morgan fingerprint density at radius 1 is 0.889 bits per heavy atom. The van der Waals surface area contributed by atoms with Gasteiger partial charge in [-0.2, -0.15) is 0 Å². The predicted octanol–water partition coefficient (Wildman–Crippen LogP) is 4.69. The van der Waals surface area contributed by atoms with Gasteiger partial charge in [0.25, 0.3) is 0 Å². The van der Waals surface area contributed by atoms with Crippen LogP contribution < -0.4 is 0 Å². The Hall–Kier alpha value is -1.22. The fraction of sp³-hybridized carbons (Fsp3) is 0.200. The highest BCUT2D eigenvalue weighted by molar-refractivity contribution is 9.09. The Bertz CT molecular complexity index is 491. The molecule has 94 valence electrons. The van der Waals surface area contributed by atoms with Gasteiger partial charge in [0, 0.05) is 10.9 Å². The topological polar surface area (TPSA) is 0 Å². The monoisotopic (exact) mass is 310 g/mol. The van der Waals surface area contributed by atoms with Crippen molar-refractivity contribution < 1.29 is 8.78 Å². The average Bonchev–Trinajstić information content (AvgIpc) is 2.40. The lowest BCUT2D eigenvalue weighted by Crippen LogP contribution is -2.07. The molecule has 2 rings (SSSR count). The Balaban J connectivity index is 2.26. The molecule has 3 heteroatoms. The van der Waals surface area contributed by atoms with Gasteiger partial charge >= 0.3 is 0 Å². The van der Waals surface area contributed by atoms with Crippen molar-refractivity contribution in [2.75, 3.05) is 5.33 Å². The maximum atomic E-state index is 13.6. The summed E-state index contributed by atoms with van der Waals surface area (Å²) in [5.41, 5.74) is 1.24. The first-order valence-corrected chi connectivity index (χ1v) is 6.88. The molecule has 0 aromatic heterocycles. The number of hydrogen-bond donors (Lipinski definition) is 0. The lowest BCUT2D eigenvalue weighted by molar-refractivity contribution is 0.545. The van der Waals surface area contributed by atoms with E-state index in [1.54, 1.807) is 0 Å².